The van der Waals surface area contributed by atoms with Gasteiger partial charge in [0.25, 0.3) is 0 Å². The molecule has 2 amide bonds. The summed E-state index contributed by atoms with van der Waals surface area (Å²) in [6.07, 6.45) is 0. The second-order valence-electron chi connectivity index (χ2n) is 5.08. The summed E-state index contributed by atoms with van der Waals surface area (Å²) in [5.74, 6) is -0.178. The van der Waals surface area contributed by atoms with Gasteiger partial charge < -0.3 is 16.0 Å². The number of thioether (sulfide) groups is 1. The maximum absolute atomic E-state index is 12.5. The van der Waals surface area contributed by atoms with Gasteiger partial charge in [0, 0.05) is 22.8 Å². The van der Waals surface area contributed by atoms with Crippen LogP contribution in [0.15, 0.2) is 59.5 Å². The molecule has 5 nitrogen and oxygen atoms in total. The smallest absolute Gasteiger partial charge is 0.246 e. The lowest BCUT2D eigenvalue weighted by Crippen LogP contribution is -2.35. The maximum atomic E-state index is 12.5. The van der Waals surface area contributed by atoms with Gasteiger partial charge in [-0.25, -0.2) is 0 Å². The number of likely N-dealkylation sites (N-methyl/N-ethyl adjacent to an activating group) is 1. The number of nitrogens with two attached hydrogens (primary N) is 1. The van der Waals surface area contributed by atoms with Gasteiger partial charge in [-0.1, -0.05) is 30.3 Å². The third-order valence-electron chi connectivity index (χ3n) is 3.37. The SMILES string of the molecule is CCN(C(=O)CNc1ccccc1SCC(N)=O)c1ccccc1. The number of nitrogens with zero attached hydrogens (tertiary/aromatic N) is 1. The molecule has 126 valence electrons. The molecular formula is C18H21N3O2S. The molecule has 0 saturated heterocycles. The zero-order valence-corrected chi connectivity index (χ0v) is 14.4. The number of benzene rings is 2. The zero-order chi connectivity index (χ0) is 17.4. The van der Waals surface area contributed by atoms with Crippen molar-refractivity contribution >= 4 is 35.0 Å². The van der Waals surface area contributed by atoms with Crippen LogP contribution < -0.4 is 16.0 Å². The number of primary amides is 1. The summed E-state index contributed by atoms with van der Waals surface area (Å²) >= 11 is 1.36. The molecule has 3 N–H and O–H groups in total. The van der Waals surface area contributed by atoms with Gasteiger partial charge in [0.2, 0.25) is 11.8 Å². The Morgan fingerprint density at radius 1 is 1.08 bits per heavy atom. The third kappa shape index (κ3) is 5.03. The van der Waals surface area contributed by atoms with Crippen molar-refractivity contribution in [2.24, 2.45) is 5.73 Å². The lowest BCUT2D eigenvalue weighted by atomic mass is 10.2. The molecule has 6 heteroatoms. The molecule has 24 heavy (non-hydrogen) atoms. The van der Waals surface area contributed by atoms with Crippen LogP contribution in [-0.2, 0) is 9.59 Å². The van der Waals surface area contributed by atoms with Crippen LogP contribution in [0.4, 0.5) is 11.4 Å². The molecular weight excluding hydrogens is 322 g/mol. The first kappa shape index (κ1) is 17.9. The molecule has 0 saturated carbocycles. The summed E-state index contributed by atoms with van der Waals surface area (Å²) in [5, 5.41) is 3.16. The number of anilines is 2. The molecule has 0 spiro atoms. The van der Waals surface area contributed by atoms with Crippen LogP contribution in [0.25, 0.3) is 0 Å². The Kier molecular flexibility index (Phi) is 6.69. The van der Waals surface area contributed by atoms with Crippen molar-refractivity contribution in [3.63, 3.8) is 0 Å². The Balaban J connectivity index is 2.02. The largest absolute Gasteiger partial charge is 0.375 e. The minimum absolute atomic E-state index is 0.0154. The summed E-state index contributed by atoms with van der Waals surface area (Å²) in [5.41, 5.74) is 6.89. The van der Waals surface area contributed by atoms with Crippen molar-refractivity contribution in [3.05, 3.63) is 54.6 Å². The normalized spacial score (nSPS) is 10.2. The van der Waals surface area contributed by atoms with E-state index < -0.39 is 0 Å². The molecule has 0 radical (unpaired) electrons. The third-order valence-corrected chi connectivity index (χ3v) is 4.47. The van der Waals surface area contributed by atoms with Gasteiger partial charge in [0.1, 0.15) is 0 Å². The molecule has 0 fully saturated rings. The topological polar surface area (TPSA) is 75.4 Å². The number of rotatable bonds is 8. The highest BCUT2D eigenvalue weighted by Gasteiger charge is 2.14. The van der Waals surface area contributed by atoms with E-state index in [9.17, 15) is 9.59 Å². The number of carbonyl (C=O) groups is 2. The molecule has 0 aliphatic heterocycles. The van der Waals surface area contributed by atoms with Crippen LogP contribution in [0.3, 0.4) is 0 Å². The van der Waals surface area contributed by atoms with Gasteiger partial charge in [-0.05, 0) is 31.2 Å². The minimum Gasteiger partial charge on any atom is -0.375 e. The fourth-order valence-corrected chi connectivity index (χ4v) is 3.03. The first-order valence-electron chi connectivity index (χ1n) is 7.71. The van der Waals surface area contributed by atoms with Crippen molar-refractivity contribution in [3.8, 4) is 0 Å². The Bertz CT molecular complexity index is 692. The first-order valence-corrected chi connectivity index (χ1v) is 8.69. The summed E-state index contributed by atoms with van der Waals surface area (Å²) in [4.78, 5) is 26.1. The Morgan fingerprint density at radius 2 is 1.75 bits per heavy atom. The summed E-state index contributed by atoms with van der Waals surface area (Å²) in [7, 11) is 0. The second-order valence-corrected chi connectivity index (χ2v) is 6.10. The van der Waals surface area contributed by atoms with Crippen molar-refractivity contribution in [2.75, 3.05) is 29.1 Å². The highest BCUT2D eigenvalue weighted by Crippen LogP contribution is 2.26. The average Bonchev–Trinajstić information content (AvgIpc) is 2.60. The van der Waals surface area contributed by atoms with Gasteiger partial charge in [0.05, 0.1) is 12.3 Å². The van der Waals surface area contributed by atoms with E-state index in [0.717, 1.165) is 16.3 Å². The van der Waals surface area contributed by atoms with Crippen LogP contribution in [0.2, 0.25) is 0 Å². The molecule has 2 aromatic rings. The Hall–Kier alpha value is -2.47. The molecule has 0 unspecified atom stereocenters. The van der Waals surface area contributed by atoms with Crippen molar-refractivity contribution in [1.29, 1.82) is 0 Å². The Labute approximate surface area is 146 Å². The van der Waals surface area contributed by atoms with Gasteiger partial charge in [-0.3, -0.25) is 9.59 Å². The van der Waals surface area contributed by atoms with E-state index in [0.29, 0.717) is 6.54 Å². The number of carbonyl (C=O) groups excluding carboxylic acids is 2. The quantitative estimate of drug-likeness (QED) is 0.723. The molecule has 0 heterocycles. The van der Waals surface area contributed by atoms with E-state index in [2.05, 4.69) is 5.32 Å². The highest BCUT2D eigenvalue weighted by molar-refractivity contribution is 8.00. The fraction of sp³-hybridized carbons (Fsp3) is 0.222. The monoisotopic (exact) mass is 343 g/mol. The number of hydrogen-bond donors (Lipinski definition) is 2. The van der Waals surface area contributed by atoms with Gasteiger partial charge in [-0.2, -0.15) is 0 Å². The standard InChI is InChI=1S/C18H21N3O2S/c1-2-21(14-8-4-3-5-9-14)18(23)12-20-15-10-6-7-11-16(15)24-13-17(19)22/h3-11,20H,2,12-13H2,1H3,(H2,19,22). The number of hydrogen-bond acceptors (Lipinski definition) is 4. The summed E-state index contributed by atoms with van der Waals surface area (Å²) < 4.78 is 0. The molecule has 0 aromatic heterocycles. The van der Waals surface area contributed by atoms with Crippen molar-refractivity contribution in [1.82, 2.24) is 0 Å². The maximum Gasteiger partial charge on any atom is 0.246 e. The summed E-state index contributed by atoms with van der Waals surface area (Å²) in [6, 6.07) is 17.1. The van der Waals surface area contributed by atoms with Crippen molar-refractivity contribution < 1.29 is 9.59 Å². The highest BCUT2D eigenvalue weighted by atomic mass is 32.2. The lowest BCUT2D eigenvalue weighted by Gasteiger charge is -2.22. The van der Waals surface area contributed by atoms with Crippen LogP contribution in [0.1, 0.15) is 6.92 Å². The second kappa shape index (κ2) is 8.98. The van der Waals surface area contributed by atoms with E-state index in [4.69, 9.17) is 5.73 Å². The van der Waals surface area contributed by atoms with Crippen LogP contribution in [0, 0.1) is 0 Å². The number of para-hydroxylation sites is 2. The molecule has 0 atom stereocenters. The molecule has 0 bridgehead atoms. The van der Waals surface area contributed by atoms with Crippen molar-refractivity contribution in [2.45, 2.75) is 11.8 Å². The molecule has 0 aliphatic carbocycles. The van der Waals surface area contributed by atoms with E-state index >= 15 is 0 Å². The number of nitrogens with one attached hydrogen (secondary N) is 1. The van der Waals surface area contributed by atoms with Crippen LogP contribution in [0.5, 0.6) is 0 Å². The number of amides is 2. The van der Waals surface area contributed by atoms with Gasteiger partial charge in [-0.15, -0.1) is 11.8 Å². The Morgan fingerprint density at radius 3 is 2.42 bits per heavy atom. The fourth-order valence-electron chi connectivity index (χ4n) is 2.26. The zero-order valence-electron chi connectivity index (χ0n) is 13.6. The van der Waals surface area contributed by atoms with E-state index in [-0.39, 0.29) is 24.1 Å². The predicted molar refractivity (Wildman–Crippen MR) is 99.3 cm³/mol. The van der Waals surface area contributed by atoms with Gasteiger partial charge >= 0.3 is 0 Å². The van der Waals surface area contributed by atoms with E-state index in [1.54, 1.807) is 4.90 Å². The summed E-state index contributed by atoms with van der Waals surface area (Å²) in [6.45, 7) is 2.72. The predicted octanol–water partition coefficient (Wildman–Crippen LogP) is 2.73. The molecule has 2 aromatic carbocycles. The van der Waals surface area contributed by atoms with E-state index in [1.165, 1.54) is 11.8 Å². The average molecular weight is 343 g/mol. The first-order chi connectivity index (χ1) is 11.6. The lowest BCUT2D eigenvalue weighted by molar-refractivity contribution is -0.117. The minimum atomic E-state index is -0.368. The van der Waals surface area contributed by atoms with Gasteiger partial charge in [0.15, 0.2) is 0 Å². The van der Waals surface area contributed by atoms with E-state index in [1.807, 2.05) is 61.5 Å². The molecule has 0 aliphatic rings. The molecule has 2 rings (SSSR count). The van der Waals surface area contributed by atoms with Crippen LogP contribution >= 0.6 is 11.8 Å². The van der Waals surface area contributed by atoms with Crippen LogP contribution in [-0.4, -0.2) is 30.7 Å².